The number of hydrogen-bond acceptors (Lipinski definition) is 3. The maximum absolute atomic E-state index is 16.1. The highest BCUT2D eigenvalue weighted by Crippen LogP contribution is 2.66. The summed E-state index contributed by atoms with van der Waals surface area (Å²) in [5, 5.41) is 34.4. The molecular weight excluding hydrogens is 634 g/mol. The van der Waals surface area contributed by atoms with Crippen LogP contribution >= 0.6 is 0 Å². The van der Waals surface area contributed by atoms with E-state index in [9.17, 15) is 46.2 Å². The SMILES string of the molecule is C[C@]1(O)CC[C@H]2[C@@H]3[C@H](CCCCC[N+](C)([O-])CCCCCCCC(F)(F)C(F)(F)C(F)(F)F)Cc4cc(O)ccc4[C@H]3[C@@H](F)C[C@@]21C. The molecule has 0 heterocycles. The average molecular weight is 686 g/mol. The van der Waals surface area contributed by atoms with Crippen molar-refractivity contribution < 1.29 is 50.0 Å². The van der Waals surface area contributed by atoms with Crippen molar-refractivity contribution in [3.8, 4) is 5.75 Å². The van der Waals surface area contributed by atoms with Gasteiger partial charge in [-0.3, -0.25) is 0 Å². The van der Waals surface area contributed by atoms with Crippen LogP contribution in [0.15, 0.2) is 18.2 Å². The summed E-state index contributed by atoms with van der Waals surface area (Å²) >= 11 is 0. The molecule has 3 aliphatic carbocycles. The molecule has 4 nitrogen and oxygen atoms in total. The number of phenols is 1. The molecule has 0 radical (unpaired) electrons. The summed E-state index contributed by atoms with van der Waals surface area (Å²) in [6, 6.07) is 5.26. The highest BCUT2D eigenvalue weighted by atomic mass is 19.4. The Morgan fingerprint density at radius 2 is 1.51 bits per heavy atom. The van der Waals surface area contributed by atoms with E-state index in [0.29, 0.717) is 45.1 Å². The van der Waals surface area contributed by atoms with Crippen LogP contribution in [0.4, 0.5) is 35.1 Å². The van der Waals surface area contributed by atoms with Crippen LogP contribution in [0, 0.1) is 28.4 Å². The second-order valence-corrected chi connectivity index (χ2v) is 15.4. The minimum Gasteiger partial charge on any atom is -0.633 e. The zero-order chi connectivity index (χ0) is 35.1. The van der Waals surface area contributed by atoms with Gasteiger partial charge in [0, 0.05) is 17.8 Å². The molecule has 2 saturated carbocycles. The quantitative estimate of drug-likeness (QED) is 0.0837. The molecule has 4 rings (SSSR count). The van der Waals surface area contributed by atoms with Crippen LogP contribution in [0.3, 0.4) is 0 Å². The van der Waals surface area contributed by atoms with E-state index < -0.39 is 52.7 Å². The highest BCUT2D eigenvalue weighted by Gasteiger charge is 2.72. The number of hydrogen-bond donors (Lipinski definition) is 2. The minimum absolute atomic E-state index is 0.0694. The van der Waals surface area contributed by atoms with Gasteiger partial charge in [0.1, 0.15) is 11.9 Å². The predicted molar refractivity (Wildman–Crippen MR) is 164 cm³/mol. The number of phenolic OH excluding ortho intramolecular Hbond substituents is 1. The molecule has 12 heteroatoms. The lowest BCUT2D eigenvalue weighted by Crippen LogP contribution is -2.54. The highest BCUT2D eigenvalue weighted by molar-refractivity contribution is 5.41. The van der Waals surface area contributed by atoms with Gasteiger partial charge in [0.05, 0.1) is 25.7 Å². The van der Waals surface area contributed by atoms with E-state index in [2.05, 4.69) is 0 Å². The fourth-order valence-corrected chi connectivity index (χ4v) is 9.11. The van der Waals surface area contributed by atoms with Crippen molar-refractivity contribution >= 4 is 0 Å². The molecular formula is C35H51F8NO3. The van der Waals surface area contributed by atoms with Crippen LogP contribution < -0.4 is 0 Å². The molecule has 270 valence electrons. The van der Waals surface area contributed by atoms with Crippen molar-refractivity contribution in [2.24, 2.45) is 23.2 Å². The van der Waals surface area contributed by atoms with Crippen LogP contribution in [-0.4, -0.2) is 64.8 Å². The molecule has 0 aliphatic heterocycles. The van der Waals surface area contributed by atoms with E-state index in [-0.39, 0.29) is 42.4 Å². The molecule has 1 unspecified atom stereocenters. The first kappa shape index (κ1) is 38.1. The van der Waals surface area contributed by atoms with Gasteiger partial charge in [0.2, 0.25) is 0 Å². The first-order chi connectivity index (χ1) is 21.6. The lowest BCUT2D eigenvalue weighted by Gasteiger charge is -2.56. The smallest absolute Gasteiger partial charge is 0.459 e. The normalized spacial score (nSPS) is 32.4. The van der Waals surface area contributed by atoms with Gasteiger partial charge >= 0.3 is 18.0 Å². The monoisotopic (exact) mass is 685 g/mol. The average Bonchev–Trinajstić information content (AvgIpc) is 3.18. The molecule has 0 aromatic heterocycles. The number of rotatable bonds is 15. The number of unbranched alkanes of at least 4 members (excludes halogenated alkanes) is 6. The Morgan fingerprint density at radius 3 is 2.15 bits per heavy atom. The van der Waals surface area contributed by atoms with Gasteiger partial charge in [-0.25, -0.2) is 4.39 Å². The third-order valence-electron chi connectivity index (χ3n) is 12.0. The summed E-state index contributed by atoms with van der Waals surface area (Å²) < 4.78 is 105. The van der Waals surface area contributed by atoms with Crippen molar-refractivity contribution in [2.75, 3.05) is 20.1 Å². The topological polar surface area (TPSA) is 63.5 Å². The van der Waals surface area contributed by atoms with E-state index in [0.717, 1.165) is 43.2 Å². The third-order valence-corrected chi connectivity index (χ3v) is 12.0. The summed E-state index contributed by atoms with van der Waals surface area (Å²) in [7, 11) is 1.56. The molecule has 2 N–H and O–H groups in total. The van der Waals surface area contributed by atoms with E-state index in [1.807, 2.05) is 19.9 Å². The molecule has 2 fully saturated rings. The van der Waals surface area contributed by atoms with Crippen molar-refractivity contribution in [3.05, 3.63) is 34.5 Å². The van der Waals surface area contributed by atoms with Gasteiger partial charge < -0.3 is 20.1 Å². The number of aromatic hydroxyl groups is 1. The molecule has 0 spiro atoms. The molecule has 3 aliphatic rings. The number of alkyl halides is 8. The summed E-state index contributed by atoms with van der Waals surface area (Å²) in [6.45, 7) is 4.55. The fourth-order valence-electron chi connectivity index (χ4n) is 9.11. The van der Waals surface area contributed by atoms with Crippen LogP contribution in [0.5, 0.6) is 5.75 Å². The summed E-state index contributed by atoms with van der Waals surface area (Å²) in [4.78, 5) is 0. The Bertz CT molecular complexity index is 1210. The number of benzene rings is 1. The van der Waals surface area contributed by atoms with Gasteiger partial charge in [0.25, 0.3) is 0 Å². The van der Waals surface area contributed by atoms with Crippen molar-refractivity contribution in [3.63, 3.8) is 0 Å². The van der Waals surface area contributed by atoms with Crippen molar-refractivity contribution in [2.45, 2.75) is 139 Å². The van der Waals surface area contributed by atoms with Crippen molar-refractivity contribution in [1.82, 2.24) is 0 Å². The standard InChI is InChI=1S/C35H51F8NO3/c1-31-22-28(36)30-26-14-13-25(45)21-24(26)20-23(29(30)27(31)15-17-32(31,2)46)12-8-7-11-19-44(3,47)18-10-6-4-5-9-16-33(37,38)34(39,40)35(41,42)43/h13-14,21,23,27-30,45-46H,4-12,15-20,22H2,1-3H3/t23-,27+,28+,29+,30+,31+,32+,44?/m1/s1. The van der Waals surface area contributed by atoms with E-state index in [1.165, 1.54) is 0 Å². The van der Waals surface area contributed by atoms with Crippen LogP contribution in [0.25, 0.3) is 0 Å². The number of hydroxylamine groups is 3. The maximum atomic E-state index is 16.1. The number of fused-ring (bicyclic) bond motifs is 5. The first-order valence-electron chi connectivity index (χ1n) is 17.2. The Morgan fingerprint density at radius 1 is 0.915 bits per heavy atom. The molecule has 0 amide bonds. The second-order valence-electron chi connectivity index (χ2n) is 15.4. The Hall–Kier alpha value is -1.66. The lowest BCUT2D eigenvalue weighted by atomic mass is 9.50. The number of quaternary nitrogens is 1. The lowest BCUT2D eigenvalue weighted by molar-refractivity contribution is -0.861. The number of halogens is 8. The van der Waals surface area contributed by atoms with Crippen LogP contribution in [0.1, 0.15) is 114 Å². The van der Waals surface area contributed by atoms with Gasteiger partial charge in [-0.2, -0.15) is 30.7 Å². The fraction of sp³-hybridized carbons (Fsp3) is 0.829. The minimum atomic E-state index is -6.31. The number of nitrogens with zero attached hydrogens (tertiary/aromatic N) is 1. The molecule has 0 bridgehead atoms. The van der Waals surface area contributed by atoms with Gasteiger partial charge in [0.15, 0.2) is 0 Å². The molecule has 0 saturated heterocycles. The third kappa shape index (κ3) is 7.89. The van der Waals surface area contributed by atoms with Gasteiger partial charge in [-0.1, -0.05) is 32.3 Å². The van der Waals surface area contributed by atoms with E-state index in [1.54, 1.807) is 19.2 Å². The molecule has 1 aromatic carbocycles. The summed E-state index contributed by atoms with van der Waals surface area (Å²) in [6.07, 6.45) is -2.25. The van der Waals surface area contributed by atoms with Crippen LogP contribution in [0.2, 0.25) is 0 Å². The first-order valence-corrected chi connectivity index (χ1v) is 17.2. The summed E-state index contributed by atoms with van der Waals surface area (Å²) in [5.41, 5.74) is 0.538. The largest absolute Gasteiger partial charge is 0.633 e. The second kappa shape index (κ2) is 13.9. The van der Waals surface area contributed by atoms with Gasteiger partial charge in [-0.05, 0) is 112 Å². The van der Waals surface area contributed by atoms with Gasteiger partial charge in [-0.15, -0.1) is 0 Å². The number of aliphatic hydroxyl groups is 1. The Labute approximate surface area is 273 Å². The zero-order valence-corrected chi connectivity index (χ0v) is 27.7. The zero-order valence-electron chi connectivity index (χ0n) is 27.7. The maximum Gasteiger partial charge on any atom is 0.459 e. The van der Waals surface area contributed by atoms with Crippen LogP contribution in [-0.2, 0) is 6.42 Å². The van der Waals surface area contributed by atoms with E-state index in [4.69, 9.17) is 0 Å². The van der Waals surface area contributed by atoms with Crippen molar-refractivity contribution in [1.29, 1.82) is 0 Å². The molecule has 1 aromatic rings. The molecule has 47 heavy (non-hydrogen) atoms. The summed E-state index contributed by atoms with van der Waals surface area (Å²) in [5.74, 6) is -10.9. The Kier molecular flexibility index (Phi) is 11.3. The Balaban J connectivity index is 1.22. The van der Waals surface area contributed by atoms with E-state index >= 15 is 4.39 Å². The predicted octanol–water partition coefficient (Wildman–Crippen LogP) is 9.85. The molecule has 8 atom stereocenters.